The molecule has 1 fully saturated rings. The summed E-state index contributed by atoms with van der Waals surface area (Å²) in [6.45, 7) is 0.596. The molecule has 0 radical (unpaired) electrons. The molecule has 3 rings (SSSR count). The second-order valence-electron chi connectivity index (χ2n) is 6.19. The topological polar surface area (TPSA) is 49.4 Å². The molecule has 0 saturated carbocycles. The number of unbranched alkanes of at least 4 members (excludes halogenated alkanes) is 2. The van der Waals surface area contributed by atoms with Crippen molar-refractivity contribution in [1.82, 2.24) is 4.90 Å². The van der Waals surface area contributed by atoms with Crippen LogP contribution >= 0.6 is 51.2 Å². The average molecular weight is 495 g/mol. The molecule has 1 aromatic carbocycles. The van der Waals surface area contributed by atoms with E-state index in [-0.39, 0.29) is 11.8 Å². The molecule has 146 valence electrons. The van der Waals surface area contributed by atoms with Crippen molar-refractivity contribution in [1.29, 1.82) is 0 Å². The number of carbonyl (C=O) groups excluding carboxylic acids is 2. The summed E-state index contributed by atoms with van der Waals surface area (Å²) in [6, 6.07) is 11.5. The zero-order chi connectivity index (χ0) is 19.9. The number of amides is 2. The molecule has 0 unspecified atom stereocenters. The third-order valence-electron chi connectivity index (χ3n) is 4.12. The van der Waals surface area contributed by atoms with Gasteiger partial charge in [0, 0.05) is 22.3 Å². The molecule has 0 aliphatic carbocycles. The van der Waals surface area contributed by atoms with E-state index in [1.54, 1.807) is 16.2 Å². The van der Waals surface area contributed by atoms with Crippen LogP contribution in [-0.2, 0) is 9.59 Å². The minimum Gasteiger partial charge on any atom is -0.325 e. The largest absolute Gasteiger partial charge is 0.325 e. The number of nitrogens with one attached hydrogen (secondary N) is 1. The van der Waals surface area contributed by atoms with E-state index in [1.165, 1.54) is 11.8 Å². The molecule has 0 bridgehead atoms. The zero-order valence-corrected chi connectivity index (χ0v) is 19.1. The van der Waals surface area contributed by atoms with Gasteiger partial charge < -0.3 is 5.32 Å². The lowest BCUT2D eigenvalue weighted by Crippen LogP contribution is -2.29. The number of hydrogen-bond acceptors (Lipinski definition) is 5. The fourth-order valence-electron chi connectivity index (χ4n) is 2.70. The highest BCUT2D eigenvalue weighted by atomic mass is 79.9. The third-order valence-corrected chi connectivity index (χ3v) is 7.01. The fraction of sp³-hybridized carbons (Fsp3) is 0.250. The number of halogens is 1. The van der Waals surface area contributed by atoms with E-state index in [1.807, 2.05) is 47.9 Å². The number of anilines is 1. The molecule has 1 aromatic heterocycles. The molecule has 1 N–H and O–H groups in total. The average Bonchev–Trinajstić information content (AvgIpc) is 3.27. The maximum absolute atomic E-state index is 12.5. The lowest BCUT2D eigenvalue weighted by Gasteiger charge is -2.14. The summed E-state index contributed by atoms with van der Waals surface area (Å²) in [5.41, 5.74) is 0.780. The summed E-state index contributed by atoms with van der Waals surface area (Å²) >= 11 is 11.7. The molecule has 2 heterocycles. The van der Waals surface area contributed by atoms with Crippen LogP contribution in [0.4, 0.5) is 5.69 Å². The van der Waals surface area contributed by atoms with Crippen LogP contribution in [0.15, 0.2) is 51.2 Å². The van der Waals surface area contributed by atoms with E-state index < -0.39 is 0 Å². The smallest absolute Gasteiger partial charge is 0.266 e. The first-order chi connectivity index (χ1) is 13.5. The Kier molecular flexibility index (Phi) is 7.84. The first-order valence-electron chi connectivity index (χ1n) is 8.88. The summed E-state index contributed by atoms with van der Waals surface area (Å²) in [7, 11) is 0. The number of thiophene rings is 1. The number of thioether (sulfide) groups is 1. The minimum absolute atomic E-state index is 0.00334. The Morgan fingerprint density at radius 3 is 2.75 bits per heavy atom. The number of carbonyl (C=O) groups is 2. The second-order valence-corrected chi connectivity index (χ2v) is 9.70. The zero-order valence-electron chi connectivity index (χ0n) is 15.0. The van der Waals surface area contributed by atoms with Crippen LogP contribution in [0.3, 0.4) is 0 Å². The van der Waals surface area contributed by atoms with E-state index in [0.29, 0.717) is 22.2 Å². The van der Waals surface area contributed by atoms with Crippen molar-refractivity contribution in [3.05, 3.63) is 56.0 Å². The van der Waals surface area contributed by atoms with Gasteiger partial charge in [0.2, 0.25) is 5.91 Å². The van der Waals surface area contributed by atoms with Gasteiger partial charge in [0.1, 0.15) is 4.32 Å². The van der Waals surface area contributed by atoms with Crippen LogP contribution in [0.25, 0.3) is 6.08 Å². The Labute approximate surface area is 186 Å². The van der Waals surface area contributed by atoms with E-state index >= 15 is 0 Å². The highest BCUT2D eigenvalue weighted by Gasteiger charge is 2.31. The molecule has 2 amide bonds. The van der Waals surface area contributed by atoms with Gasteiger partial charge in [-0.1, -0.05) is 48.6 Å². The van der Waals surface area contributed by atoms with Crippen molar-refractivity contribution in [2.24, 2.45) is 0 Å². The molecule has 28 heavy (non-hydrogen) atoms. The van der Waals surface area contributed by atoms with Gasteiger partial charge in [-0.05, 0) is 58.4 Å². The molecule has 1 saturated heterocycles. The van der Waals surface area contributed by atoms with Crippen molar-refractivity contribution >= 4 is 79.1 Å². The van der Waals surface area contributed by atoms with Gasteiger partial charge in [-0.2, -0.15) is 0 Å². The predicted molar refractivity (Wildman–Crippen MR) is 125 cm³/mol. The van der Waals surface area contributed by atoms with Crippen molar-refractivity contribution in [2.75, 3.05) is 11.9 Å². The lowest BCUT2D eigenvalue weighted by molar-refractivity contribution is -0.122. The van der Waals surface area contributed by atoms with Crippen molar-refractivity contribution in [3.8, 4) is 0 Å². The van der Waals surface area contributed by atoms with Gasteiger partial charge in [-0.25, -0.2) is 0 Å². The molecule has 4 nitrogen and oxygen atoms in total. The summed E-state index contributed by atoms with van der Waals surface area (Å²) in [5, 5.41) is 4.89. The molecular weight excluding hydrogens is 476 g/mol. The van der Waals surface area contributed by atoms with Gasteiger partial charge >= 0.3 is 0 Å². The number of para-hydroxylation sites is 1. The molecule has 0 spiro atoms. The van der Waals surface area contributed by atoms with E-state index in [2.05, 4.69) is 21.2 Å². The Bertz CT molecular complexity index is 897. The first-order valence-corrected chi connectivity index (χ1v) is 11.8. The molecule has 0 atom stereocenters. The monoisotopic (exact) mass is 494 g/mol. The van der Waals surface area contributed by atoms with Crippen LogP contribution in [0.2, 0.25) is 0 Å². The summed E-state index contributed by atoms with van der Waals surface area (Å²) in [6.07, 6.45) is 4.82. The standard InChI is InChI=1S/C20H19BrN2O2S3/c21-15-8-3-4-9-16(15)22-18(24)10-2-1-5-11-23-19(25)17(28-20(23)26)13-14-7-6-12-27-14/h3-4,6-9,12-13H,1-2,5,10-11H2,(H,22,24)/b17-13-. The lowest BCUT2D eigenvalue weighted by atomic mass is 10.1. The van der Waals surface area contributed by atoms with E-state index in [9.17, 15) is 9.59 Å². The quantitative estimate of drug-likeness (QED) is 0.281. The first kappa shape index (κ1) is 21.2. The Morgan fingerprint density at radius 1 is 1.18 bits per heavy atom. The van der Waals surface area contributed by atoms with Crippen molar-refractivity contribution in [3.63, 3.8) is 0 Å². The fourth-order valence-corrected chi connectivity index (χ4v) is 5.12. The third kappa shape index (κ3) is 5.76. The molecule has 1 aliphatic rings. The van der Waals surface area contributed by atoms with Crippen LogP contribution < -0.4 is 5.32 Å². The van der Waals surface area contributed by atoms with Crippen LogP contribution in [0, 0.1) is 0 Å². The maximum Gasteiger partial charge on any atom is 0.266 e. The molecule has 1 aliphatic heterocycles. The molecular formula is C20H19BrN2O2S3. The highest BCUT2D eigenvalue weighted by Crippen LogP contribution is 2.33. The van der Waals surface area contributed by atoms with E-state index in [4.69, 9.17) is 12.2 Å². The number of hydrogen-bond donors (Lipinski definition) is 1. The van der Waals surface area contributed by atoms with E-state index in [0.717, 1.165) is 34.3 Å². The van der Waals surface area contributed by atoms with Gasteiger partial charge in [0.05, 0.1) is 10.6 Å². The SMILES string of the molecule is O=C(CCCCCN1C(=O)/C(=C/c2cccs2)SC1=S)Nc1ccccc1Br. The van der Waals surface area contributed by atoms with Gasteiger partial charge in [-0.3, -0.25) is 14.5 Å². The molecule has 2 aromatic rings. The minimum atomic E-state index is -0.0185. The summed E-state index contributed by atoms with van der Waals surface area (Å²) in [4.78, 5) is 28.0. The maximum atomic E-state index is 12.5. The number of nitrogens with zero attached hydrogens (tertiary/aromatic N) is 1. The molecule has 8 heteroatoms. The van der Waals surface area contributed by atoms with Gasteiger partial charge in [0.15, 0.2) is 0 Å². The number of thiocarbonyl (C=S) groups is 1. The second kappa shape index (κ2) is 10.3. The number of rotatable bonds is 8. The number of benzene rings is 1. The Morgan fingerprint density at radius 2 is 2.00 bits per heavy atom. The van der Waals surface area contributed by atoms with Crippen LogP contribution in [0.1, 0.15) is 30.6 Å². The van der Waals surface area contributed by atoms with Crippen LogP contribution in [-0.4, -0.2) is 27.6 Å². The predicted octanol–water partition coefficient (Wildman–Crippen LogP) is 5.91. The highest BCUT2D eigenvalue weighted by molar-refractivity contribution is 9.10. The van der Waals surface area contributed by atoms with Gasteiger partial charge in [-0.15, -0.1) is 11.3 Å². The normalized spacial score (nSPS) is 15.5. The van der Waals surface area contributed by atoms with Crippen molar-refractivity contribution < 1.29 is 9.59 Å². The van der Waals surface area contributed by atoms with Crippen molar-refractivity contribution in [2.45, 2.75) is 25.7 Å². The Balaban J connectivity index is 1.39. The van der Waals surface area contributed by atoms with Crippen LogP contribution in [0.5, 0.6) is 0 Å². The summed E-state index contributed by atoms with van der Waals surface area (Å²) in [5.74, 6) is -0.0218. The van der Waals surface area contributed by atoms with Gasteiger partial charge in [0.25, 0.3) is 5.91 Å². The Hall–Kier alpha value is -1.48. The summed E-state index contributed by atoms with van der Waals surface area (Å²) < 4.78 is 1.48.